The molecule has 0 unspecified atom stereocenters. The highest BCUT2D eigenvalue weighted by Gasteiger charge is 2.26. The summed E-state index contributed by atoms with van der Waals surface area (Å²) in [7, 11) is -3.92. The third-order valence-electron chi connectivity index (χ3n) is 5.15. The number of rotatable bonds is 6. The van der Waals surface area contributed by atoms with E-state index >= 15 is 0 Å². The first kappa shape index (κ1) is 22.2. The molecule has 1 amide bonds. The molecule has 3 heterocycles. The van der Waals surface area contributed by atoms with Crippen LogP contribution in [-0.4, -0.2) is 48.3 Å². The van der Waals surface area contributed by atoms with E-state index in [1.807, 2.05) is 0 Å². The Morgan fingerprint density at radius 2 is 1.88 bits per heavy atom. The van der Waals surface area contributed by atoms with Crippen molar-refractivity contribution in [2.24, 2.45) is 0 Å². The van der Waals surface area contributed by atoms with Crippen molar-refractivity contribution in [3.05, 3.63) is 46.7 Å². The molecule has 0 spiro atoms. The number of nitrogens with zero attached hydrogens (tertiary/aromatic N) is 3. The van der Waals surface area contributed by atoms with Gasteiger partial charge < -0.3 is 9.32 Å². The molecule has 0 aliphatic carbocycles. The van der Waals surface area contributed by atoms with Gasteiger partial charge >= 0.3 is 11.8 Å². The highest BCUT2D eigenvalue weighted by molar-refractivity contribution is 7.93. The molecule has 1 aromatic carbocycles. The maximum atomic E-state index is 13.0. The number of amides is 1. The zero-order valence-electron chi connectivity index (χ0n) is 17.6. The van der Waals surface area contributed by atoms with Crippen LogP contribution < -0.4 is 4.72 Å². The van der Waals surface area contributed by atoms with Crippen molar-refractivity contribution < 1.29 is 22.4 Å². The first-order chi connectivity index (χ1) is 15.2. The van der Waals surface area contributed by atoms with E-state index in [-0.39, 0.29) is 34.1 Å². The Morgan fingerprint density at radius 1 is 1.12 bits per heavy atom. The molecule has 1 aliphatic rings. The average Bonchev–Trinajstić information content (AvgIpc) is 3.41. The fourth-order valence-corrected chi connectivity index (χ4v) is 6.05. The number of ketones is 1. The Balaban J connectivity index is 1.56. The van der Waals surface area contributed by atoms with E-state index in [1.54, 1.807) is 30.0 Å². The predicted octanol–water partition coefficient (Wildman–Crippen LogP) is 3.74. The molecular weight excluding hydrogens is 452 g/mol. The standard InChI is InChI=1S/C21H22N4O5S2/c1-13(26)15-7-6-8-16(11-15)24-32(28,29)18-12-17(31-14(18)2)19-22-23-20(30-19)21(27)25-9-4-3-5-10-25/h6-8,11-12,24H,3-5,9-10H2,1-2H3. The van der Waals surface area contributed by atoms with Crippen molar-refractivity contribution in [2.45, 2.75) is 38.0 Å². The van der Waals surface area contributed by atoms with Crippen molar-refractivity contribution in [1.82, 2.24) is 15.1 Å². The number of anilines is 1. The molecule has 9 nitrogen and oxygen atoms in total. The molecule has 2 aromatic heterocycles. The number of likely N-dealkylation sites (tertiary alicyclic amines) is 1. The molecule has 1 fully saturated rings. The number of piperidine rings is 1. The van der Waals surface area contributed by atoms with Gasteiger partial charge in [-0.2, -0.15) is 0 Å². The van der Waals surface area contributed by atoms with Gasteiger partial charge in [0.2, 0.25) is 0 Å². The predicted molar refractivity (Wildman–Crippen MR) is 119 cm³/mol. The highest BCUT2D eigenvalue weighted by atomic mass is 32.2. The molecule has 0 saturated carbocycles. The molecule has 0 bridgehead atoms. The molecule has 168 valence electrons. The lowest BCUT2D eigenvalue weighted by Gasteiger charge is -2.24. The first-order valence-electron chi connectivity index (χ1n) is 10.1. The summed E-state index contributed by atoms with van der Waals surface area (Å²) in [4.78, 5) is 26.9. The van der Waals surface area contributed by atoms with Crippen molar-refractivity contribution in [3.63, 3.8) is 0 Å². The molecule has 1 saturated heterocycles. The number of nitrogens with one attached hydrogen (secondary N) is 1. The van der Waals surface area contributed by atoms with E-state index in [1.165, 1.54) is 30.4 Å². The number of benzene rings is 1. The fraction of sp³-hybridized carbons (Fsp3) is 0.333. The summed E-state index contributed by atoms with van der Waals surface area (Å²) >= 11 is 1.18. The Morgan fingerprint density at radius 3 is 2.59 bits per heavy atom. The van der Waals surface area contributed by atoms with E-state index in [0.717, 1.165) is 19.3 Å². The smallest absolute Gasteiger partial charge is 0.311 e. The van der Waals surface area contributed by atoms with E-state index < -0.39 is 10.0 Å². The van der Waals surface area contributed by atoms with E-state index in [4.69, 9.17) is 4.42 Å². The van der Waals surface area contributed by atoms with Gasteiger partial charge in [0.05, 0.1) is 4.88 Å². The third kappa shape index (κ3) is 4.58. The largest absolute Gasteiger partial charge is 0.411 e. The number of thiophene rings is 1. The number of Topliss-reactive ketones (excluding diaryl/α,β-unsaturated/α-hetero) is 1. The van der Waals surface area contributed by atoms with Gasteiger partial charge in [-0.05, 0) is 51.3 Å². The number of sulfonamides is 1. The van der Waals surface area contributed by atoms with E-state index in [0.29, 0.717) is 28.4 Å². The second-order valence-corrected chi connectivity index (χ2v) is 10.4. The zero-order chi connectivity index (χ0) is 22.9. The van der Waals surface area contributed by atoms with Crippen molar-refractivity contribution >= 4 is 38.7 Å². The second-order valence-electron chi connectivity index (χ2n) is 7.54. The Hall–Kier alpha value is -3.05. The molecule has 0 atom stereocenters. The lowest BCUT2D eigenvalue weighted by atomic mass is 10.1. The van der Waals surface area contributed by atoms with E-state index in [9.17, 15) is 18.0 Å². The van der Waals surface area contributed by atoms with Crippen LogP contribution in [0, 0.1) is 6.92 Å². The van der Waals surface area contributed by atoms with E-state index in [2.05, 4.69) is 14.9 Å². The minimum atomic E-state index is -3.92. The van der Waals surface area contributed by atoms with Gasteiger partial charge in [0.25, 0.3) is 15.9 Å². The van der Waals surface area contributed by atoms with Crippen LogP contribution in [0.4, 0.5) is 5.69 Å². The van der Waals surface area contributed by atoms with Crippen LogP contribution in [0.1, 0.15) is 52.1 Å². The van der Waals surface area contributed by atoms with Crippen LogP contribution >= 0.6 is 11.3 Å². The average molecular weight is 475 g/mol. The van der Waals surface area contributed by atoms with Crippen LogP contribution in [0.3, 0.4) is 0 Å². The zero-order valence-corrected chi connectivity index (χ0v) is 19.3. The Kier molecular flexibility index (Phi) is 6.11. The summed E-state index contributed by atoms with van der Waals surface area (Å²) in [6.07, 6.45) is 2.98. The minimum Gasteiger partial charge on any atom is -0.411 e. The Labute approximate surface area is 189 Å². The maximum absolute atomic E-state index is 13.0. The lowest BCUT2D eigenvalue weighted by molar-refractivity contribution is 0.0684. The van der Waals surface area contributed by atoms with Crippen molar-refractivity contribution in [2.75, 3.05) is 17.8 Å². The third-order valence-corrected chi connectivity index (χ3v) is 7.82. The molecule has 3 aromatic rings. The molecular formula is C21H22N4O5S2. The van der Waals surface area contributed by atoms with Crippen LogP contribution in [0.15, 0.2) is 39.6 Å². The molecule has 1 aliphatic heterocycles. The van der Waals surface area contributed by atoms with Gasteiger partial charge in [0.15, 0.2) is 5.78 Å². The van der Waals surface area contributed by atoms with Gasteiger partial charge in [0, 0.05) is 29.2 Å². The molecule has 0 radical (unpaired) electrons. The number of carbonyl (C=O) groups excluding carboxylic acids is 2. The summed E-state index contributed by atoms with van der Waals surface area (Å²) in [5, 5.41) is 7.81. The van der Waals surface area contributed by atoms with Gasteiger partial charge in [-0.25, -0.2) is 8.42 Å². The normalized spacial score (nSPS) is 14.4. The summed E-state index contributed by atoms with van der Waals surface area (Å²) in [5.74, 6) is -0.474. The van der Waals surface area contributed by atoms with Gasteiger partial charge in [0.1, 0.15) is 4.90 Å². The summed E-state index contributed by atoms with van der Waals surface area (Å²) < 4.78 is 34.0. The minimum absolute atomic E-state index is 0.0628. The quantitative estimate of drug-likeness (QED) is 0.540. The fourth-order valence-electron chi connectivity index (χ4n) is 3.49. The van der Waals surface area contributed by atoms with Crippen LogP contribution in [0.2, 0.25) is 0 Å². The van der Waals surface area contributed by atoms with Gasteiger partial charge in [-0.15, -0.1) is 21.5 Å². The maximum Gasteiger partial charge on any atom is 0.311 e. The molecule has 4 rings (SSSR count). The number of hydrogen-bond acceptors (Lipinski definition) is 8. The summed E-state index contributed by atoms with van der Waals surface area (Å²) in [5.41, 5.74) is 0.696. The number of hydrogen-bond donors (Lipinski definition) is 1. The number of aryl methyl sites for hydroxylation is 1. The first-order valence-corrected chi connectivity index (χ1v) is 12.4. The summed E-state index contributed by atoms with van der Waals surface area (Å²) in [6.45, 7) is 4.41. The van der Waals surface area contributed by atoms with Gasteiger partial charge in [-0.1, -0.05) is 12.1 Å². The monoisotopic (exact) mass is 474 g/mol. The van der Waals surface area contributed by atoms with Crippen LogP contribution in [-0.2, 0) is 10.0 Å². The van der Waals surface area contributed by atoms with Gasteiger partial charge in [-0.3, -0.25) is 14.3 Å². The molecule has 11 heteroatoms. The lowest BCUT2D eigenvalue weighted by Crippen LogP contribution is -2.35. The number of aromatic nitrogens is 2. The molecule has 1 N–H and O–H groups in total. The van der Waals surface area contributed by atoms with Crippen molar-refractivity contribution in [1.29, 1.82) is 0 Å². The number of carbonyl (C=O) groups is 2. The Bertz CT molecular complexity index is 1270. The van der Waals surface area contributed by atoms with Crippen LogP contribution in [0.25, 0.3) is 10.8 Å². The summed E-state index contributed by atoms with van der Waals surface area (Å²) in [6, 6.07) is 7.73. The van der Waals surface area contributed by atoms with Crippen LogP contribution in [0.5, 0.6) is 0 Å². The second kappa shape index (κ2) is 8.83. The SMILES string of the molecule is CC(=O)c1cccc(NS(=O)(=O)c2cc(-c3nnc(C(=O)N4CCCCC4)o3)sc2C)c1. The molecule has 32 heavy (non-hydrogen) atoms. The topological polar surface area (TPSA) is 122 Å². The van der Waals surface area contributed by atoms with Crippen molar-refractivity contribution in [3.8, 4) is 10.8 Å². The highest BCUT2D eigenvalue weighted by Crippen LogP contribution is 2.34.